The lowest BCUT2D eigenvalue weighted by molar-refractivity contribution is -0.385. The van der Waals surface area contributed by atoms with Crippen molar-refractivity contribution in [3.05, 3.63) is 52.3 Å². The van der Waals surface area contributed by atoms with Gasteiger partial charge in [0, 0.05) is 12.0 Å². The van der Waals surface area contributed by atoms with Gasteiger partial charge in [0.15, 0.2) is 6.29 Å². The van der Waals surface area contributed by atoms with Crippen LogP contribution in [0.5, 0.6) is 5.75 Å². The summed E-state index contributed by atoms with van der Waals surface area (Å²) in [6, 6.07) is 5.53. The Morgan fingerprint density at radius 3 is 3.07 bits per heavy atom. The van der Waals surface area contributed by atoms with Crippen LogP contribution in [0.4, 0.5) is 5.69 Å². The summed E-state index contributed by atoms with van der Waals surface area (Å²) in [5.74, 6) is -0.525. The zero-order valence-electron chi connectivity index (χ0n) is 13.9. The summed E-state index contributed by atoms with van der Waals surface area (Å²) in [6.45, 7) is 0.294. The number of fused-ring (bicyclic) bond motifs is 2. The van der Waals surface area contributed by atoms with E-state index in [4.69, 9.17) is 9.47 Å². The lowest BCUT2D eigenvalue weighted by atomic mass is 10.0. The number of amides is 1. The molecule has 2 aliphatic rings. The Bertz CT molecular complexity index is 926. The average Bonchev–Trinajstić information content (AvgIpc) is 3.30. The Balaban J connectivity index is 1.51. The van der Waals surface area contributed by atoms with E-state index in [1.54, 1.807) is 12.1 Å². The smallest absolute Gasteiger partial charge is 0.307 e. The minimum absolute atomic E-state index is 0.0291. The van der Waals surface area contributed by atoms with E-state index in [1.807, 2.05) is 0 Å². The molecule has 1 amide bonds. The molecule has 3 atom stereocenters. The molecule has 2 aromatic rings. The van der Waals surface area contributed by atoms with Gasteiger partial charge in [-0.25, -0.2) is 5.43 Å². The van der Waals surface area contributed by atoms with Crippen LogP contribution in [-0.2, 0) is 9.47 Å². The SMILES string of the molecule is O=C(N/N=C1\C[C@H](n2cc([N+](=O)[O-])cn2)[C@@H]2CO[C@@H]1O2)c1cccc(O)c1. The first-order valence-corrected chi connectivity index (χ1v) is 8.12. The van der Waals surface area contributed by atoms with Crippen molar-refractivity contribution in [3.63, 3.8) is 0 Å². The second-order valence-corrected chi connectivity index (χ2v) is 6.14. The molecule has 3 heterocycles. The van der Waals surface area contributed by atoms with Crippen LogP contribution in [0.15, 0.2) is 41.8 Å². The molecule has 0 aliphatic carbocycles. The average molecular weight is 373 g/mol. The molecule has 140 valence electrons. The number of aromatic hydroxyl groups is 1. The number of phenols is 1. The van der Waals surface area contributed by atoms with Crippen molar-refractivity contribution < 1.29 is 24.3 Å². The number of aromatic nitrogens is 2. The quantitative estimate of drug-likeness (QED) is 0.601. The van der Waals surface area contributed by atoms with Gasteiger partial charge in [0.05, 0.1) is 23.3 Å². The topological polar surface area (TPSA) is 141 Å². The number of nitro groups is 1. The normalized spacial score (nSPS) is 25.5. The van der Waals surface area contributed by atoms with Gasteiger partial charge >= 0.3 is 5.69 Å². The molecule has 0 radical (unpaired) electrons. The van der Waals surface area contributed by atoms with E-state index in [2.05, 4.69) is 15.6 Å². The van der Waals surface area contributed by atoms with Gasteiger partial charge in [-0.15, -0.1) is 0 Å². The van der Waals surface area contributed by atoms with Crippen molar-refractivity contribution >= 4 is 17.3 Å². The Labute approximate surface area is 152 Å². The second kappa shape index (κ2) is 6.78. The summed E-state index contributed by atoms with van der Waals surface area (Å²) in [4.78, 5) is 22.5. The molecule has 2 N–H and O–H groups in total. The molecule has 2 saturated heterocycles. The predicted molar refractivity (Wildman–Crippen MR) is 90.2 cm³/mol. The maximum Gasteiger partial charge on any atom is 0.307 e. The lowest BCUT2D eigenvalue weighted by Crippen LogP contribution is -2.38. The predicted octanol–water partition coefficient (Wildman–Crippen LogP) is 0.969. The van der Waals surface area contributed by atoms with Gasteiger partial charge in [0.1, 0.15) is 24.2 Å². The van der Waals surface area contributed by atoms with Crippen LogP contribution in [0.25, 0.3) is 0 Å². The van der Waals surface area contributed by atoms with E-state index >= 15 is 0 Å². The molecule has 0 saturated carbocycles. The Kier molecular flexibility index (Phi) is 4.30. The highest BCUT2D eigenvalue weighted by Crippen LogP contribution is 2.33. The first kappa shape index (κ1) is 17.1. The minimum Gasteiger partial charge on any atom is -0.508 e. The standard InChI is InChI=1S/C16H15N5O6/c22-11-3-1-2-9(4-11)15(23)19-18-12-5-13(14-8-26-16(12)27-14)20-7-10(6-17-20)21(24)25/h1-4,6-7,13-14,16,22H,5,8H2,(H,19,23)/b18-12+/t13-,14-,16+/m0/s1. The molecule has 2 bridgehead atoms. The fourth-order valence-electron chi connectivity index (χ4n) is 3.04. The van der Waals surface area contributed by atoms with E-state index in [1.165, 1.54) is 29.2 Å². The third-order valence-electron chi connectivity index (χ3n) is 4.38. The number of hydrazone groups is 1. The van der Waals surface area contributed by atoms with Crippen molar-refractivity contribution in [2.24, 2.45) is 5.10 Å². The summed E-state index contributed by atoms with van der Waals surface area (Å²) in [6.07, 6.45) is 1.86. The fraction of sp³-hybridized carbons (Fsp3) is 0.312. The van der Waals surface area contributed by atoms with Crippen molar-refractivity contribution in [2.75, 3.05) is 6.61 Å². The van der Waals surface area contributed by atoms with Crippen LogP contribution < -0.4 is 5.43 Å². The number of hydrogen-bond donors (Lipinski definition) is 2. The molecule has 11 nitrogen and oxygen atoms in total. The first-order valence-electron chi connectivity index (χ1n) is 8.12. The largest absolute Gasteiger partial charge is 0.508 e. The number of ether oxygens (including phenoxy) is 2. The van der Waals surface area contributed by atoms with Gasteiger partial charge in [0.2, 0.25) is 0 Å². The Morgan fingerprint density at radius 1 is 1.48 bits per heavy atom. The summed E-state index contributed by atoms with van der Waals surface area (Å²) in [7, 11) is 0. The van der Waals surface area contributed by atoms with Crippen LogP contribution in [-0.4, -0.2) is 50.4 Å². The van der Waals surface area contributed by atoms with Gasteiger partial charge < -0.3 is 14.6 Å². The third kappa shape index (κ3) is 3.37. The van der Waals surface area contributed by atoms with E-state index in [0.29, 0.717) is 18.7 Å². The third-order valence-corrected chi connectivity index (χ3v) is 4.38. The van der Waals surface area contributed by atoms with Crippen LogP contribution >= 0.6 is 0 Å². The van der Waals surface area contributed by atoms with E-state index in [0.717, 1.165) is 0 Å². The zero-order valence-corrected chi connectivity index (χ0v) is 13.9. The Hall–Kier alpha value is -3.31. The van der Waals surface area contributed by atoms with Gasteiger partial charge in [-0.2, -0.15) is 10.2 Å². The summed E-state index contributed by atoms with van der Waals surface area (Å²) in [5, 5.41) is 28.4. The summed E-state index contributed by atoms with van der Waals surface area (Å²) in [5.41, 5.74) is 2.99. The molecule has 1 aromatic carbocycles. The highest BCUT2D eigenvalue weighted by Gasteiger charge is 2.43. The van der Waals surface area contributed by atoms with Crippen LogP contribution in [0.1, 0.15) is 22.8 Å². The number of hydrogen-bond acceptors (Lipinski definition) is 8. The van der Waals surface area contributed by atoms with E-state index in [9.17, 15) is 20.0 Å². The number of carbonyl (C=O) groups is 1. The molecule has 0 unspecified atom stereocenters. The van der Waals surface area contributed by atoms with E-state index in [-0.39, 0.29) is 29.1 Å². The molecule has 11 heteroatoms. The molecule has 2 fully saturated rings. The lowest BCUT2D eigenvalue weighted by Gasteiger charge is -2.28. The second-order valence-electron chi connectivity index (χ2n) is 6.14. The number of rotatable bonds is 4. The maximum atomic E-state index is 12.2. The molecule has 1 aromatic heterocycles. The maximum absolute atomic E-state index is 12.2. The summed E-state index contributed by atoms with van der Waals surface area (Å²) < 4.78 is 12.7. The van der Waals surface area contributed by atoms with Gasteiger partial charge in [-0.3, -0.25) is 19.6 Å². The van der Waals surface area contributed by atoms with Crippen LogP contribution in [0.3, 0.4) is 0 Å². The molecule has 27 heavy (non-hydrogen) atoms. The molecule has 4 rings (SSSR count). The van der Waals surface area contributed by atoms with E-state index < -0.39 is 17.1 Å². The monoisotopic (exact) mass is 373 g/mol. The number of benzene rings is 1. The summed E-state index contributed by atoms with van der Waals surface area (Å²) >= 11 is 0. The van der Waals surface area contributed by atoms with Crippen molar-refractivity contribution in [1.82, 2.24) is 15.2 Å². The Morgan fingerprint density at radius 2 is 2.33 bits per heavy atom. The molecule has 2 aliphatic heterocycles. The fourth-order valence-corrected chi connectivity index (χ4v) is 3.04. The first-order chi connectivity index (χ1) is 13.0. The zero-order chi connectivity index (χ0) is 19.0. The van der Waals surface area contributed by atoms with Crippen LogP contribution in [0, 0.1) is 10.1 Å². The number of nitrogens with zero attached hydrogens (tertiary/aromatic N) is 4. The molecular weight excluding hydrogens is 358 g/mol. The van der Waals surface area contributed by atoms with Crippen molar-refractivity contribution in [1.29, 1.82) is 0 Å². The number of nitrogens with one attached hydrogen (secondary N) is 1. The number of phenolic OH excluding ortho intramolecular Hbond substituents is 1. The van der Waals surface area contributed by atoms with Gasteiger partial charge in [-0.1, -0.05) is 6.07 Å². The number of carbonyl (C=O) groups excluding carboxylic acids is 1. The molecule has 0 spiro atoms. The highest BCUT2D eigenvalue weighted by molar-refractivity contribution is 5.96. The minimum atomic E-state index is -0.679. The van der Waals surface area contributed by atoms with Gasteiger partial charge in [0.25, 0.3) is 5.91 Å². The van der Waals surface area contributed by atoms with Gasteiger partial charge in [-0.05, 0) is 18.2 Å². The highest BCUT2D eigenvalue weighted by atomic mass is 16.7. The van der Waals surface area contributed by atoms with Crippen molar-refractivity contribution in [2.45, 2.75) is 24.9 Å². The molecular formula is C16H15N5O6. The van der Waals surface area contributed by atoms with Crippen molar-refractivity contribution in [3.8, 4) is 5.75 Å². The van der Waals surface area contributed by atoms with Crippen LogP contribution in [0.2, 0.25) is 0 Å².